The summed E-state index contributed by atoms with van der Waals surface area (Å²) in [5.74, 6) is 0. The Morgan fingerprint density at radius 3 is 2.62 bits per heavy atom. The number of hydrogen-bond donors (Lipinski definition) is 1. The molecule has 0 heterocycles. The van der Waals surface area contributed by atoms with E-state index >= 15 is 0 Å². The third kappa shape index (κ3) is 4.88. The van der Waals surface area contributed by atoms with Crippen molar-refractivity contribution in [3.05, 3.63) is 12.2 Å². The molecule has 0 aliphatic heterocycles. The molecule has 1 amide bonds. The van der Waals surface area contributed by atoms with E-state index in [1.807, 2.05) is 0 Å². The fourth-order valence-electron chi connectivity index (χ4n) is 0.240. The number of carbonyl (C=O) groups excluding carboxylic acids is 2. The summed E-state index contributed by atoms with van der Waals surface area (Å²) in [4.78, 5) is 19.1. The van der Waals surface area contributed by atoms with Crippen LogP contribution in [0.1, 0.15) is 0 Å². The molecular formula is C5H7NO2. The maximum Gasteiger partial charge on any atom is 0.207 e. The topological polar surface area (TPSA) is 46.2 Å². The smallest absolute Gasteiger partial charge is 0.207 e. The molecule has 0 bridgehead atoms. The first-order chi connectivity index (χ1) is 3.91. The van der Waals surface area contributed by atoms with E-state index in [4.69, 9.17) is 0 Å². The van der Waals surface area contributed by atoms with Crippen LogP contribution >= 0.6 is 0 Å². The van der Waals surface area contributed by atoms with Crippen LogP contribution in [0.5, 0.6) is 0 Å². The maximum absolute atomic E-state index is 9.57. The van der Waals surface area contributed by atoms with E-state index in [1.54, 1.807) is 6.08 Å². The van der Waals surface area contributed by atoms with Crippen molar-refractivity contribution in [2.75, 3.05) is 6.54 Å². The molecule has 0 aromatic heterocycles. The second-order valence-corrected chi connectivity index (χ2v) is 1.09. The summed E-state index contributed by atoms with van der Waals surface area (Å²) in [7, 11) is 0. The zero-order valence-electron chi connectivity index (χ0n) is 4.33. The summed E-state index contributed by atoms with van der Waals surface area (Å²) in [5, 5.41) is 2.36. The van der Waals surface area contributed by atoms with Crippen LogP contribution in [-0.4, -0.2) is 19.2 Å². The van der Waals surface area contributed by atoms with Crippen LogP contribution < -0.4 is 5.32 Å². The lowest BCUT2D eigenvalue weighted by Crippen LogP contribution is -2.09. The first-order valence-electron chi connectivity index (χ1n) is 2.19. The Hall–Kier alpha value is -1.12. The van der Waals surface area contributed by atoms with Crippen molar-refractivity contribution in [2.24, 2.45) is 0 Å². The lowest BCUT2D eigenvalue weighted by atomic mass is 10.5. The molecule has 0 aromatic rings. The van der Waals surface area contributed by atoms with E-state index in [0.717, 1.165) is 0 Å². The summed E-state index contributed by atoms with van der Waals surface area (Å²) in [6.45, 7) is 0.419. The molecule has 0 aromatic carbocycles. The molecule has 0 rings (SSSR count). The molecular weight excluding hydrogens is 106 g/mol. The normalized spacial score (nSPS) is 9.00. The van der Waals surface area contributed by atoms with Gasteiger partial charge in [0.2, 0.25) is 6.41 Å². The Labute approximate surface area is 47.4 Å². The monoisotopic (exact) mass is 113 g/mol. The fraction of sp³-hybridized carbons (Fsp3) is 0.200. The summed E-state index contributed by atoms with van der Waals surface area (Å²) in [6, 6.07) is 0. The van der Waals surface area contributed by atoms with E-state index in [2.05, 4.69) is 5.32 Å². The molecule has 0 aliphatic carbocycles. The average Bonchev–Trinajstić information content (AvgIpc) is 1.81. The second kappa shape index (κ2) is 5.88. The Morgan fingerprint density at radius 2 is 2.12 bits per heavy atom. The van der Waals surface area contributed by atoms with Crippen molar-refractivity contribution in [2.45, 2.75) is 0 Å². The molecule has 8 heavy (non-hydrogen) atoms. The number of nitrogens with one attached hydrogen (secondary N) is 1. The molecule has 0 radical (unpaired) electrons. The van der Waals surface area contributed by atoms with Crippen molar-refractivity contribution in [1.82, 2.24) is 5.32 Å². The molecule has 3 nitrogen and oxygen atoms in total. The van der Waals surface area contributed by atoms with Gasteiger partial charge in [-0.3, -0.25) is 9.59 Å². The molecule has 0 fully saturated rings. The number of rotatable bonds is 4. The van der Waals surface area contributed by atoms with Gasteiger partial charge in [-0.25, -0.2) is 0 Å². The number of allylic oxidation sites excluding steroid dienone is 1. The van der Waals surface area contributed by atoms with E-state index in [1.165, 1.54) is 6.08 Å². The van der Waals surface area contributed by atoms with Crippen LogP contribution in [0.25, 0.3) is 0 Å². The molecule has 3 heteroatoms. The molecule has 0 atom stereocenters. The first kappa shape index (κ1) is 6.88. The zero-order valence-corrected chi connectivity index (χ0v) is 4.33. The number of aldehydes is 1. The number of amides is 1. The molecule has 0 saturated carbocycles. The van der Waals surface area contributed by atoms with Gasteiger partial charge in [0.1, 0.15) is 6.29 Å². The van der Waals surface area contributed by atoms with Crippen molar-refractivity contribution in [3.63, 3.8) is 0 Å². The van der Waals surface area contributed by atoms with Crippen molar-refractivity contribution in [1.29, 1.82) is 0 Å². The minimum Gasteiger partial charge on any atom is -0.355 e. The quantitative estimate of drug-likeness (QED) is 0.303. The Kier molecular flexibility index (Phi) is 5.06. The van der Waals surface area contributed by atoms with E-state index in [9.17, 15) is 9.59 Å². The van der Waals surface area contributed by atoms with Crippen LogP contribution in [0.3, 0.4) is 0 Å². The van der Waals surface area contributed by atoms with Gasteiger partial charge in [-0.1, -0.05) is 6.08 Å². The zero-order chi connectivity index (χ0) is 6.24. The standard InChI is InChI=1S/C5H7NO2/c7-4-2-1-3-6-5-8/h1-2,4-5H,3H2,(H,6,8)/b2-1+. The summed E-state index contributed by atoms with van der Waals surface area (Å²) in [6.07, 6.45) is 4.12. The Bertz CT molecular complexity index is 98.6. The van der Waals surface area contributed by atoms with Gasteiger partial charge in [-0.15, -0.1) is 0 Å². The predicted octanol–water partition coefficient (Wildman–Crippen LogP) is -0.513. The minimum absolute atomic E-state index is 0.419. The summed E-state index contributed by atoms with van der Waals surface area (Å²) >= 11 is 0. The third-order valence-corrected chi connectivity index (χ3v) is 0.534. The largest absolute Gasteiger partial charge is 0.355 e. The number of hydrogen-bond acceptors (Lipinski definition) is 2. The second-order valence-electron chi connectivity index (χ2n) is 1.09. The van der Waals surface area contributed by atoms with Gasteiger partial charge in [0.25, 0.3) is 0 Å². The predicted molar refractivity (Wildman–Crippen MR) is 29.3 cm³/mol. The average molecular weight is 113 g/mol. The summed E-state index contributed by atoms with van der Waals surface area (Å²) in [5.41, 5.74) is 0. The lowest BCUT2D eigenvalue weighted by Gasteiger charge is -1.83. The number of carbonyl (C=O) groups is 2. The molecule has 0 saturated heterocycles. The SMILES string of the molecule is O=C/C=C/CNC=O. The molecule has 0 unspecified atom stereocenters. The molecule has 0 spiro atoms. The molecule has 1 N–H and O–H groups in total. The maximum atomic E-state index is 9.57. The Morgan fingerprint density at radius 1 is 1.38 bits per heavy atom. The fourth-order valence-corrected chi connectivity index (χ4v) is 0.240. The van der Waals surface area contributed by atoms with Crippen molar-refractivity contribution in [3.8, 4) is 0 Å². The Balaban J connectivity index is 3.02. The van der Waals surface area contributed by atoms with E-state index in [-0.39, 0.29) is 0 Å². The first-order valence-corrected chi connectivity index (χ1v) is 2.19. The highest BCUT2D eigenvalue weighted by Gasteiger charge is 1.69. The van der Waals surface area contributed by atoms with Crippen LogP contribution in [-0.2, 0) is 9.59 Å². The highest BCUT2D eigenvalue weighted by atomic mass is 16.1. The highest BCUT2D eigenvalue weighted by Crippen LogP contribution is 1.60. The summed E-state index contributed by atoms with van der Waals surface area (Å²) < 4.78 is 0. The lowest BCUT2D eigenvalue weighted by molar-refractivity contribution is -0.109. The van der Waals surface area contributed by atoms with Crippen molar-refractivity contribution >= 4 is 12.7 Å². The van der Waals surface area contributed by atoms with Crippen LogP contribution in [0.4, 0.5) is 0 Å². The minimum atomic E-state index is 0.419. The van der Waals surface area contributed by atoms with Gasteiger partial charge in [0, 0.05) is 6.54 Å². The van der Waals surface area contributed by atoms with Crippen LogP contribution in [0.2, 0.25) is 0 Å². The third-order valence-electron chi connectivity index (χ3n) is 0.534. The van der Waals surface area contributed by atoms with Crippen molar-refractivity contribution < 1.29 is 9.59 Å². The van der Waals surface area contributed by atoms with Gasteiger partial charge in [0.15, 0.2) is 0 Å². The van der Waals surface area contributed by atoms with E-state index < -0.39 is 0 Å². The molecule has 0 aliphatic rings. The van der Waals surface area contributed by atoms with Gasteiger partial charge in [-0.2, -0.15) is 0 Å². The van der Waals surface area contributed by atoms with Crippen LogP contribution in [0.15, 0.2) is 12.2 Å². The van der Waals surface area contributed by atoms with E-state index in [0.29, 0.717) is 19.2 Å². The highest BCUT2D eigenvalue weighted by molar-refractivity contribution is 5.64. The van der Waals surface area contributed by atoms with Gasteiger partial charge < -0.3 is 5.32 Å². The molecule has 44 valence electrons. The van der Waals surface area contributed by atoms with Crippen LogP contribution in [0, 0.1) is 0 Å². The van der Waals surface area contributed by atoms with Gasteiger partial charge >= 0.3 is 0 Å². The van der Waals surface area contributed by atoms with Gasteiger partial charge in [-0.05, 0) is 6.08 Å². The van der Waals surface area contributed by atoms with Gasteiger partial charge in [0.05, 0.1) is 0 Å².